The number of carbonyl (C=O) groups excluding carboxylic acids is 2. The summed E-state index contributed by atoms with van der Waals surface area (Å²) in [6.07, 6.45) is 0.260. The van der Waals surface area contributed by atoms with Gasteiger partial charge in [-0.15, -0.1) is 0 Å². The van der Waals surface area contributed by atoms with Crippen molar-refractivity contribution in [3.63, 3.8) is 0 Å². The van der Waals surface area contributed by atoms with Gasteiger partial charge < -0.3 is 14.2 Å². The number of fused-ring (bicyclic) bond motifs is 1. The van der Waals surface area contributed by atoms with Crippen molar-refractivity contribution in [3.05, 3.63) is 42.0 Å². The second-order valence-corrected chi connectivity index (χ2v) is 5.52. The van der Waals surface area contributed by atoms with Crippen molar-refractivity contribution in [2.75, 3.05) is 7.11 Å². The highest BCUT2D eigenvalue weighted by molar-refractivity contribution is 5.85. The van der Waals surface area contributed by atoms with Gasteiger partial charge in [0.1, 0.15) is 5.75 Å². The van der Waals surface area contributed by atoms with E-state index in [4.69, 9.17) is 14.2 Å². The third kappa shape index (κ3) is 6.10. The summed E-state index contributed by atoms with van der Waals surface area (Å²) in [5, 5.41) is 2.05. The SMILES string of the molecule is C.CCCC(=O)OC(C)OC(=O)Cc1ccc2cc(OC)ccc2c1. The second kappa shape index (κ2) is 9.67. The molecule has 0 aliphatic rings. The quantitative estimate of drug-likeness (QED) is 0.554. The molecule has 0 saturated carbocycles. The zero-order valence-corrected chi connectivity index (χ0v) is 14.2. The molecule has 0 saturated heterocycles. The van der Waals surface area contributed by atoms with E-state index in [1.54, 1.807) is 7.11 Å². The summed E-state index contributed by atoms with van der Waals surface area (Å²) in [6.45, 7) is 3.42. The van der Waals surface area contributed by atoms with Crippen LogP contribution in [0.4, 0.5) is 0 Å². The zero-order chi connectivity index (χ0) is 17.5. The van der Waals surface area contributed by atoms with Crippen molar-refractivity contribution in [2.45, 2.75) is 46.8 Å². The van der Waals surface area contributed by atoms with Crippen LogP contribution in [0.25, 0.3) is 10.8 Å². The van der Waals surface area contributed by atoms with Crippen LogP contribution in [0.15, 0.2) is 36.4 Å². The summed E-state index contributed by atoms with van der Waals surface area (Å²) in [6, 6.07) is 11.5. The summed E-state index contributed by atoms with van der Waals surface area (Å²) in [5.74, 6) is -0.00510. The molecule has 2 rings (SSSR count). The lowest BCUT2D eigenvalue weighted by Gasteiger charge is -2.14. The first kappa shape index (κ1) is 20.5. The van der Waals surface area contributed by atoms with Gasteiger partial charge in [0.15, 0.2) is 0 Å². The number of ether oxygens (including phenoxy) is 3. The van der Waals surface area contributed by atoms with E-state index in [1.165, 1.54) is 6.92 Å². The molecule has 0 fully saturated rings. The maximum atomic E-state index is 12.0. The third-order valence-corrected chi connectivity index (χ3v) is 3.51. The van der Waals surface area contributed by atoms with Gasteiger partial charge in [0.2, 0.25) is 6.29 Å². The van der Waals surface area contributed by atoms with Gasteiger partial charge in [-0.2, -0.15) is 0 Å². The lowest BCUT2D eigenvalue weighted by atomic mass is 10.0. The first-order chi connectivity index (χ1) is 11.5. The Balaban J connectivity index is 0.00000312. The molecule has 136 valence electrons. The van der Waals surface area contributed by atoms with Crippen LogP contribution in [0.2, 0.25) is 0 Å². The van der Waals surface area contributed by atoms with E-state index in [2.05, 4.69) is 0 Å². The number of esters is 2. The number of methoxy groups -OCH3 is 1. The van der Waals surface area contributed by atoms with Crippen LogP contribution in [-0.4, -0.2) is 25.3 Å². The molecule has 0 N–H and O–H groups in total. The molecule has 25 heavy (non-hydrogen) atoms. The van der Waals surface area contributed by atoms with E-state index >= 15 is 0 Å². The lowest BCUT2D eigenvalue weighted by Crippen LogP contribution is -2.22. The molecule has 0 spiro atoms. The Morgan fingerprint density at radius 1 is 1.00 bits per heavy atom. The summed E-state index contributed by atoms with van der Waals surface area (Å²) in [5.41, 5.74) is 0.838. The molecule has 0 amide bonds. The molecular weight excluding hydrogens is 320 g/mol. The molecule has 0 aliphatic heterocycles. The molecule has 2 aromatic carbocycles. The largest absolute Gasteiger partial charge is 0.497 e. The van der Waals surface area contributed by atoms with Gasteiger partial charge in [0, 0.05) is 13.3 Å². The van der Waals surface area contributed by atoms with Crippen molar-refractivity contribution in [2.24, 2.45) is 0 Å². The minimum atomic E-state index is -0.874. The predicted molar refractivity (Wildman–Crippen MR) is 97.5 cm³/mol. The Kier molecular flexibility index (Phi) is 7.92. The minimum absolute atomic E-state index is 0. The topological polar surface area (TPSA) is 61.8 Å². The average Bonchev–Trinajstić information content (AvgIpc) is 2.54. The Morgan fingerprint density at radius 2 is 1.64 bits per heavy atom. The number of carbonyl (C=O) groups is 2. The van der Waals surface area contributed by atoms with Gasteiger partial charge in [-0.25, -0.2) is 0 Å². The van der Waals surface area contributed by atoms with E-state index in [1.807, 2.05) is 43.3 Å². The van der Waals surface area contributed by atoms with E-state index in [9.17, 15) is 9.59 Å². The predicted octanol–water partition coefficient (Wildman–Crippen LogP) is 4.26. The number of hydrogen-bond donors (Lipinski definition) is 0. The standard InChI is InChI=1S/C19H22O5.CH4/c1-4-5-18(20)23-13(2)24-19(21)11-14-6-7-16-12-17(22-3)9-8-15(16)10-14;/h6-10,12-13H,4-5,11H2,1-3H3;1H4. The van der Waals surface area contributed by atoms with E-state index in [0.717, 1.165) is 22.1 Å². The summed E-state index contributed by atoms with van der Waals surface area (Å²) >= 11 is 0. The first-order valence-corrected chi connectivity index (χ1v) is 7.97. The molecule has 1 unspecified atom stereocenters. The maximum Gasteiger partial charge on any atom is 0.313 e. The summed E-state index contributed by atoms with van der Waals surface area (Å²) in [4.78, 5) is 23.3. The van der Waals surface area contributed by atoms with Gasteiger partial charge in [-0.05, 0) is 34.9 Å². The van der Waals surface area contributed by atoms with Crippen LogP contribution in [0.1, 0.15) is 39.7 Å². The van der Waals surface area contributed by atoms with Crippen LogP contribution in [-0.2, 0) is 25.5 Å². The van der Waals surface area contributed by atoms with Gasteiger partial charge in [0.05, 0.1) is 13.5 Å². The molecule has 0 aliphatic carbocycles. The van der Waals surface area contributed by atoms with Crippen LogP contribution in [0.5, 0.6) is 5.75 Å². The third-order valence-electron chi connectivity index (χ3n) is 3.51. The fourth-order valence-corrected chi connectivity index (χ4v) is 2.38. The Labute approximate surface area is 148 Å². The van der Waals surface area contributed by atoms with Gasteiger partial charge in [-0.1, -0.05) is 38.6 Å². The molecule has 0 heterocycles. The molecule has 2 aromatic rings. The Morgan fingerprint density at radius 3 is 2.32 bits per heavy atom. The molecular formula is C20H26O5. The maximum absolute atomic E-state index is 12.0. The molecule has 0 bridgehead atoms. The van der Waals surface area contributed by atoms with Gasteiger partial charge in [-0.3, -0.25) is 9.59 Å². The minimum Gasteiger partial charge on any atom is -0.497 e. The molecule has 0 aromatic heterocycles. The van der Waals surface area contributed by atoms with Crippen LogP contribution in [0.3, 0.4) is 0 Å². The molecule has 0 radical (unpaired) electrons. The van der Waals surface area contributed by atoms with Crippen molar-refractivity contribution >= 4 is 22.7 Å². The first-order valence-electron chi connectivity index (χ1n) is 7.97. The number of benzene rings is 2. The second-order valence-electron chi connectivity index (χ2n) is 5.52. The molecule has 5 heteroatoms. The van der Waals surface area contributed by atoms with Crippen LogP contribution in [0, 0.1) is 0 Å². The lowest BCUT2D eigenvalue weighted by molar-refractivity contribution is -0.183. The van der Waals surface area contributed by atoms with Gasteiger partial charge >= 0.3 is 11.9 Å². The fraction of sp³-hybridized carbons (Fsp3) is 0.400. The van der Waals surface area contributed by atoms with E-state index in [-0.39, 0.29) is 19.8 Å². The fourth-order valence-electron chi connectivity index (χ4n) is 2.38. The monoisotopic (exact) mass is 346 g/mol. The van der Waals surface area contributed by atoms with Crippen LogP contribution >= 0.6 is 0 Å². The highest BCUT2D eigenvalue weighted by Crippen LogP contribution is 2.22. The number of rotatable bonds is 7. The average molecular weight is 346 g/mol. The Bertz CT molecular complexity index is 723. The Hall–Kier alpha value is -2.56. The van der Waals surface area contributed by atoms with E-state index in [0.29, 0.717) is 12.8 Å². The highest BCUT2D eigenvalue weighted by Gasteiger charge is 2.14. The van der Waals surface area contributed by atoms with Crippen molar-refractivity contribution in [1.29, 1.82) is 0 Å². The van der Waals surface area contributed by atoms with Crippen molar-refractivity contribution in [3.8, 4) is 5.75 Å². The van der Waals surface area contributed by atoms with Gasteiger partial charge in [0.25, 0.3) is 0 Å². The molecule has 5 nitrogen and oxygen atoms in total. The van der Waals surface area contributed by atoms with Crippen molar-refractivity contribution < 1.29 is 23.8 Å². The highest BCUT2D eigenvalue weighted by atomic mass is 16.7. The van der Waals surface area contributed by atoms with Crippen molar-refractivity contribution in [1.82, 2.24) is 0 Å². The number of hydrogen-bond acceptors (Lipinski definition) is 5. The van der Waals surface area contributed by atoms with Crippen LogP contribution < -0.4 is 4.74 Å². The summed E-state index contributed by atoms with van der Waals surface area (Å²) < 4.78 is 15.3. The smallest absolute Gasteiger partial charge is 0.313 e. The summed E-state index contributed by atoms with van der Waals surface area (Å²) in [7, 11) is 1.63. The van der Waals surface area contributed by atoms with E-state index < -0.39 is 12.3 Å². The normalized spacial score (nSPS) is 11.3. The zero-order valence-electron chi connectivity index (χ0n) is 14.2. The molecule has 1 atom stereocenters.